The number of esters is 2. The number of carbonyl (C=O) groups is 3. The third kappa shape index (κ3) is 23.2. The van der Waals surface area contributed by atoms with Crippen molar-refractivity contribution in [3.8, 4) is 11.5 Å². The maximum Gasteiger partial charge on any atom is 0.311 e. The zero-order valence-corrected chi connectivity index (χ0v) is 30.5. The Kier molecular flexibility index (Phi) is 24.4. The van der Waals surface area contributed by atoms with Crippen molar-refractivity contribution in [2.45, 2.75) is 194 Å². The van der Waals surface area contributed by atoms with Gasteiger partial charge in [-0.1, -0.05) is 142 Å². The lowest BCUT2D eigenvalue weighted by Crippen LogP contribution is -2.39. The number of benzene rings is 1. The van der Waals surface area contributed by atoms with E-state index in [0.717, 1.165) is 38.5 Å². The van der Waals surface area contributed by atoms with E-state index in [2.05, 4.69) is 19.2 Å². The molecule has 1 rings (SSSR count). The van der Waals surface area contributed by atoms with Crippen molar-refractivity contribution in [3.63, 3.8) is 0 Å². The van der Waals surface area contributed by atoms with Gasteiger partial charge in [0.2, 0.25) is 0 Å². The number of ketones is 1. The summed E-state index contributed by atoms with van der Waals surface area (Å²) in [4.78, 5) is 38.3. The standard InChI is InChI=1S/C40H69NO5/c1-6-8-10-12-14-16-18-20-22-24-26-28-38(43)45-36-31-30-34(35(42)33-41-40(3,4)5)32-37(36)46-39(44)29-27-25-23-21-19-17-15-13-11-9-7-2/h30-32,41H,6-29,33H2,1-5H3. The fourth-order valence-electron chi connectivity index (χ4n) is 5.51. The van der Waals surface area contributed by atoms with Crippen LogP contribution in [0.15, 0.2) is 18.2 Å². The predicted octanol–water partition coefficient (Wildman–Crippen LogP) is 11.5. The van der Waals surface area contributed by atoms with Crippen LogP contribution >= 0.6 is 0 Å². The molecule has 6 heteroatoms. The minimum Gasteiger partial charge on any atom is -0.423 e. The Morgan fingerprint density at radius 2 is 0.913 bits per heavy atom. The number of nitrogens with one attached hydrogen (secondary N) is 1. The van der Waals surface area contributed by atoms with Crippen molar-refractivity contribution in [1.82, 2.24) is 5.32 Å². The highest BCUT2D eigenvalue weighted by Gasteiger charge is 2.18. The van der Waals surface area contributed by atoms with Crippen LogP contribution in [0.25, 0.3) is 0 Å². The zero-order valence-electron chi connectivity index (χ0n) is 30.5. The second-order valence-electron chi connectivity index (χ2n) is 14.2. The van der Waals surface area contributed by atoms with Crippen LogP contribution < -0.4 is 14.8 Å². The van der Waals surface area contributed by atoms with Gasteiger partial charge < -0.3 is 14.8 Å². The Balaban J connectivity index is 2.53. The Labute approximate surface area is 282 Å². The molecule has 0 aliphatic heterocycles. The van der Waals surface area contributed by atoms with E-state index < -0.39 is 0 Å². The summed E-state index contributed by atoms with van der Waals surface area (Å²) in [5, 5.41) is 3.20. The van der Waals surface area contributed by atoms with Gasteiger partial charge in [-0.2, -0.15) is 0 Å². The van der Waals surface area contributed by atoms with Crippen LogP contribution in [0, 0.1) is 0 Å². The molecule has 0 aliphatic carbocycles. The molecule has 0 aliphatic rings. The van der Waals surface area contributed by atoms with Crippen LogP contribution in [0.3, 0.4) is 0 Å². The Hall–Kier alpha value is -2.21. The van der Waals surface area contributed by atoms with Crippen molar-refractivity contribution in [3.05, 3.63) is 23.8 Å². The number of ether oxygens (including phenoxy) is 2. The highest BCUT2D eigenvalue weighted by molar-refractivity contribution is 5.98. The summed E-state index contributed by atoms with van der Waals surface area (Å²) in [5.74, 6) is -0.484. The summed E-state index contributed by atoms with van der Waals surface area (Å²) in [6.45, 7) is 10.7. The Bertz CT molecular complexity index is 951. The van der Waals surface area contributed by atoms with E-state index in [1.807, 2.05) is 20.8 Å². The van der Waals surface area contributed by atoms with Gasteiger partial charge in [0.25, 0.3) is 0 Å². The first-order valence-corrected chi connectivity index (χ1v) is 19.0. The van der Waals surface area contributed by atoms with Crippen molar-refractivity contribution >= 4 is 17.7 Å². The smallest absolute Gasteiger partial charge is 0.311 e. The van der Waals surface area contributed by atoms with Gasteiger partial charge in [0, 0.05) is 23.9 Å². The second kappa shape index (κ2) is 26.8. The first-order valence-electron chi connectivity index (χ1n) is 19.0. The topological polar surface area (TPSA) is 81.7 Å². The van der Waals surface area contributed by atoms with Crippen LogP contribution in [-0.2, 0) is 9.59 Å². The summed E-state index contributed by atoms with van der Waals surface area (Å²) in [6.07, 6.45) is 27.2. The third-order valence-corrected chi connectivity index (χ3v) is 8.46. The van der Waals surface area contributed by atoms with Crippen LogP contribution in [0.2, 0.25) is 0 Å². The van der Waals surface area contributed by atoms with E-state index in [9.17, 15) is 14.4 Å². The first kappa shape index (κ1) is 41.8. The molecule has 0 aromatic heterocycles. The fraction of sp³-hybridized carbons (Fsp3) is 0.775. The molecule has 0 atom stereocenters. The molecular weight excluding hydrogens is 574 g/mol. The minimum atomic E-state index is -0.365. The van der Waals surface area contributed by atoms with E-state index in [0.29, 0.717) is 18.4 Å². The fourth-order valence-corrected chi connectivity index (χ4v) is 5.51. The monoisotopic (exact) mass is 644 g/mol. The van der Waals surface area contributed by atoms with E-state index in [1.165, 1.54) is 109 Å². The van der Waals surface area contributed by atoms with Gasteiger partial charge in [-0.15, -0.1) is 0 Å². The van der Waals surface area contributed by atoms with Crippen LogP contribution in [-0.4, -0.2) is 29.8 Å². The van der Waals surface area contributed by atoms with Gasteiger partial charge in [0.05, 0.1) is 6.54 Å². The molecule has 1 aromatic rings. The van der Waals surface area contributed by atoms with E-state index >= 15 is 0 Å². The number of hydrogen-bond acceptors (Lipinski definition) is 6. The predicted molar refractivity (Wildman–Crippen MR) is 192 cm³/mol. The SMILES string of the molecule is CCCCCCCCCCCCCC(=O)Oc1ccc(C(=O)CNC(C)(C)C)cc1OC(=O)CCCCCCCCCCCCC. The lowest BCUT2D eigenvalue weighted by molar-refractivity contribution is -0.137. The Morgan fingerprint density at radius 3 is 1.30 bits per heavy atom. The van der Waals surface area contributed by atoms with Gasteiger partial charge in [0.15, 0.2) is 17.3 Å². The molecule has 6 nitrogen and oxygen atoms in total. The summed E-state index contributed by atoms with van der Waals surface area (Å²) < 4.78 is 11.4. The molecule has 1 aromatic carbocycles. The number of rotatable bonds is 29. The number of Topliss-reactive ketones (excluding diaryl/α,β-unsaturated/α-hetero) is 1. The van der Waals surface area contributed by atoms with Crippen LogP contribution in [0.4, 0.5) is 0 Å². The quantitative estimate of drug-likeness (QED) is 0.0405. The molecule has 0 bridgehead atoms. The molecular formula is C40H69NO5. The van der Waals surface area contributed by atoms with Crippen molar-refractivity contribution in [1.29, 1.82) is 0 Å². The molecule has 0 heterocycles. The van der Waals surface area contributed by atoms with Crippen LogP contribution in [0.5, 0.6) is 11.5 Å². The van der Waals surface area contributed by atoms with Gasteiger partial charge in [-0.3, -0.25) is 14.4 Å². The molecule has 0 fully saturated rings. The summed E-state index contributed by atoms with van der Waals surface area (Å²) in [5.41, 5.74) is 0.211. The lowest BCUT2D eigenvalue weighted by atomic mass is 10.1. The molecule has 0 spiro atoms. The van der Waals surface area contributed by atoms with E-state index in [1.54, 1.807) is 12.1 Å². The molecule has 0 saturated heterocycles. The highest BCUT2D eigenvalue weighted by atomic mass is 16.6. The zero-order chi connectivity index (χ0) is 33.9. The van der Waals surface area contributed by atoms with Crippen molar-refractivity contribution in [2.24, 2.45) is 0 Å². The Morgan fingerprint density at radius 1 is 0.543 bits per heavy atom. The summed E-state index contributed by atoms with van der Waals surface area (Å²) >= 11 is 0. The average molecular weight is 644 g/mol. The number of unbranched alkanes of at least 4 members (excludes halogenated alkanes) is 20. The van der Waals surface area contributed by atoms with Crippen molar-refractivity contribution < 1.29 is 23.9 Å². The van der Waals surface area contributed by atoms with Crippen molar-refractivity contribution in [2.75, 3.05) is 6.54 Å². The average Bonchev–Trinajstić information content (AvgIpc) is 3.01. The van der Waals surface area contributed by atoms with E-state index in [-0.39, 0.29) is 41.3 Å². The third-order valence-electron chi connectivity index (χ3n) is 8.46. The normalized spacial score (nSPS) is 11.5. The maximum absolute atomic E-state index is 12.9. The molecule has 0 amide bonds. The molecule has 0 saturated carbocycles. The molecule has 0 unspecified atom stereocenters. The largest absolute Gasteiger partial charge is 0.423 e. The van der Waals surface area contributed by atoms with E-state index in [4.69, 9.17) is 9.47 Å². The number of carbonyl (C=O) groups excluding carboxylic acids is 3. The maximum atomic E-state index is 12.9. The summed E-state index contributed by atoms with van der Waals surface area (Å²) in [6, 6.07) is 4.75. The van der Waals surface area contributed by atoms with Gasteiger partial charge in [-0.05, 0) is 51.8 Å². The summed E-state index contributed by atoms with van der Waals surface area (Å²) in [7, 11) is 0. The molecule has 1 N–H and O–H groups in total. The van der Waals surface area contributed by atoms with Gasteiger partial charge >= 0.3 is 11.9 Å². The van der Waals surface area contributed by atoms with Gasteiger partial charge in [0.1, 0.15) is 0 Å². The molecule has 0 radical (unpaired) electrons. The molecule has 46 heavy (non-hydrogen) atoms. The minimum absolute atomic E-state index is 0.114. The van der Waals surface area contributed by atoms with Gasteiger partial charge in [-0.25, -0.2) is 0 Å². The molecule has 264 valence electrons. The number of hydrogen-bond donors (Lipinski definition) is 1. The first-order chi connectivity index (χ1) is 22.2. The second-order valence-corrected chi connectivity index (χ2v) is 14.2. The highest BCUT2D eigenvalue weighted by Crippen LogP contribution is 2.30. The lowest BCUT2D eigenvalue weighted by Gasteiger charge is -2.20. The van der Waals surface area contributed by atoms with Crippen LogP contribution in [0.1, 0.15) is 199 Å².